The lowest BCUT2D eigenvalue weighted by atomic mass is 9.92. The predicted octanol–water partition coefficient (Wildman–Crippen LogP) is 0.588. The number of carboxylic acids is 1. The molecule has 0 aliphatic heterocycles. The van der Waals surface area contributed by atoms with Gasteiger partial charge in [-0.3, -0.25) is 0 Å². The van der Waals surface area contributed by atoms with Crippen LogP contribution in [0, 0.1) is 0 Å². The van der Waals surface area contributed by atoms with Gasteiger partial charge in [-0.2, -0.15) is 0 Å². The fraction of sp³-hybridized carbons (Fsp3) is 0.417. The molecule has 5 heteroatoms. The molecule has 3 N–H and O–H groups in total. The second-order valence-corrected chi connectivity index (χ2v) is 3.69. The molecule has 0 radical (unpaired) electrons. The number of methoxy groups -OCH3 is 1. The number of benzene rings is 1. The quantitative estimate of drug-likeness (QED) is 0.680. The average Bonchev–Trinajstić information content (AvgIpc) is 2.35. The highest BCUT2D eigenvalue weighted by Gasteiger charge is 2.36. The number of hydrogen-bond donors (Lipinski definition) is 2. The van der Waals surface area contributed by atoms with Gasteiger partial charge in [0.25, 0.3) is 0 Å². The summed E-state index contributed by atoms with van der Waals surface area (Å²) in [5, 5.41) is 9.21. The van der Waals surface area contributed by atoms with Crippen molar-refractivity contribution < 1.29 is 19.4 Å². The normalized spacial score (nSPS) is 14.2. The van der Waals surface area contributed by atoms with Gasteiger partial charge in [0, 0.05) is 7.11 Å². The summed E-state index contributed by atoms with van der Waals surface area (Å²) in [4.78, 5) is 11.2. The Kier molecular flexibility index (Phi) is 5.09. The molecule has 0 fully saturated rings. The number of hydrogen-bond acceptors (Lipinski definition) is 4. The Bertz CT molecular complexity index is 355. The van der Waals surface area contributed by atoms with Gasteiger partial charge in [0.2, 0.25) is 0 Å². The van der Waals surface area contributed by atoms with E-state index in [2.05, 4.69) is 0 Å². The van der Waals surface area contributed by atoms with Crippen LogP contribution in [0.2, 0.25) is 0 Å². The molecular weight excluding hydrogens is 222 g/mol. The van der Waals surface area contributed by atoms with Crippen molar-refractivity contribution in [3.63, 3.8) is 0 Å². The van der Waals surface area contributed by atoms with E-state index in [1.165, 1.54) is 0 Å². The molecule has 0 bridgehead atoms. The molecule has 0 saturated carbocycles. The van der Waals surface area contributed by atoms with Crippen molar-refractivity contribution >= 4 is 5.97 Å². The summed E-state index contributed by atoms with van der Waals surface area (Å²) in [6.45, 7) is 0.635. The number of nitrogens with two attached hydrogens (primary N) is 1. The van der Waals surface area contributed by atoms with Gasteiger partial charge in [0.05, 0.1) is 19.8 Å². The Hall–Kier alpha value is -1.43. The van der Waals surface area contributed by atoms with Crippen LogP contribution in [-0.4, -0.2) is 38.0 Å². The maximum Gasteiger partial charge on any atom is 0.330 e. The molecular formula is C12H17NO4. The summed E-state index contributed by atoms with van der Waals surface area (Å²) in [7, 11) is 1.55. The van der Waals surface area contributed by atoms with Crippen LogP contribution < -0.4 is 5.73 Å². The van der Waals surface area contributed by atoms with E-state index in [-0.39, 0.29) is 6.61 Å². The first-order valence-electron chi connectivity index (χ1n) is 5.25. The molecule has 17 heavy (non-hydrogen) atoms. The predicted molar refractivity (Wildman–Crippen MR) is 62.6 cm³/mol. The molecule has 1 rings (SSSR count). The van der Waals surface area contributed by atoms with Gasteiger partial charge in [-0.25, -0.2) is 4.79 Å². The zero-order valence-electron chi connectivity index (χ0n) is 9.76. The average molecular weight is 239 g/mol. The van der Waals surface area contributed by atoms with Crippen LogP contribution in [0.15, 0.2) is 30.3 Å². The van der Waals surface area contributed by atoms with Crippen LogP contribution in [0.1, 0.15) is 5.56 Å². The van der Waals surface area contributed by atoms with Crippen molar-refractivity contribution in [3.8, 4) is 0 Å². The topological polar surface area (TPSA) is 81.8 Å². The van der Waals surface area contributed by atoms with Crippen molar-refractivity contribution in [1.29, 1.82) is 0 Å². The molecule has 94 valence electrons. The monoisotopic (exact) mass is 239 g/mol. The van der Waals surface area contributed by atoms with Crippen molar-refractivity contribution in [2.75, 3.05) is 26.9 Å². The molecule has 0 heterocycles. The zero-order valence-corrected chi connectivity index (χ0v) is 9.76. The summed E-state index contributed by atoms with van der Waals surface area (Å²) in [6.07, 6.45) is 0. The Morgan fingerprint density at radius 2 is 2.00 bits per heavy atom. The highest BCUT2D eigenvalue weighted by molar-refractivity contribution is 5.80. The molecule has 0 spiro atoms. The molecule has 5 nitrogen and oxygen atoms in total. The number of carboxylic acid groups (broad SMARTS) is 1. The van der Waals surface area contributed by atoms with Crippen molar-refractivity contribution in [3.05, 3.63) is 35.9 Å². The Labute approximate surface area is 100 Å². The van der Waals surface area contributed by atoms with E-state index in [1.807, 2.05) is 0 Å². The first kappa shape index (κ1) is 13.6. The largest absolute Gasteiger partial charge is 0.480 e. The smallest absolute Gasteiger partial charge is 0.330 e. The third-order valence-electron chi connectivity index (χ3n) is 2.43. The van der Waals surface area contributed by atoms with E-state index in [9.17, 15) is 9.90 Å². The van der Waals surface area contributed by atoms with Gasteiger partial charge in [-0.15, -0.1) is 0 Å². The second-order valence-electron chi connectivity index (χ2n) is 3.69. The van der Waals surface area contributed by atoms with Gasteiger partial charge < -0.3 is 20.3 Å². The molecule has 0 aromatic heterocycles. The first-order chi connectivity index (χ1) is 8.11. The summed E-state index contributed by atoms with van der Waals surface area (Å²) in [6, 6.07) is 8.64. The van der Waals surface area contributed by atoms with Crippen LogP contribution >= 0.6 is 0 Å². The zero-order chi connectivity index (χ0) is 12.7. The minimum absolute atomic E-state index is 0.0876. The van der Waals surface area contributed by atoms with Crippen LogP contribution in [0.3, 0.4) is 0 Å². The van der Waals surface area contributed by atoms with E-state index in [0.717, 1.165) is 0 Å². The SMILES string of the molecule is COCCOCC(N)(C(=O)O)c1ccccc1. The Balaban J connectivity index is 2.73. The molecule has 1 atom stereocenters. The second kappa shape index (κ2) is 6.34. The third-order valence-corrected chi connectivity index (χ3v) is 2.43. The van der Waals surface area contributed by atoms with Crippen molar-refractivity contribution in [1.82, 2.24) is 0 Å². The van der Waals surface area contributed by atoms with Crippen molar-refractivity contribution in [2.24, 2.45) is 5.73 Å². The molecule has 0 aliphatic carbocycles. The van der Waals surface area contributed by atoms with E-state index in [0.29, 0.717) is 18.8 Å². The fourth-order valence-corrected chi connectivity index (χ4v) is 1.38. The lowest BCUT2D eigenvalue weighted by Crippen LogP contribution is -2.49. The minimum Gasteiger partial charge on any atom is -0.480 e. The molecule has 0 amide bonds. The van der Waals surface area contributed by atoms with Crippen molar-refractivity contribution in [2.45, 2.75) is 5.54 Å². The van der Waals surface area contributed by atoms with Gasteiger partial charge in [0.15, 0.2) is 5.54 Å². The number of aliphatic carboxylic acids is 1. The minimum atomic E-state index is -1.52. The maximum absolute atomic E-state index is 11.2. The molecule has 0 saturated heterocycles. The number of carbonyl (C=O) groups is 1. The van der Waals surface area contributed by atoms with Crippen LogP contribution in [-0.2, 0) is 19.8 Å². The highest BCUT2D eigenvalue weighted by atomic mass is 16.5. The molecule has 1 aromatic rings. The van der Waals surface area contributed by atoms with E-state index >= 15 is 0 Å². The molecule has 1 unspecified atom stereocenters. The van der Waals surface area contributed by atoms with Gasteiger partial charge in [0.1, 0.15) is 0 Å². The van der Waals surface area contributed by atoms with Crippen LogP contribution in [0.5, 0.6) is 0 Å². The van der Waals surface area contributed by atoms with Crippen LogP contribution in [0.25, 0.3) is 0 Å². The number of rotatable bonds is 7. The summed E-state index contributed by atoms with van der Waals surface area (Å²) < 4.78 is 10.0. The molecule has 0 aliphatic rings. The Morgan fingerprint density at radius 1 is 1.35 bits per heavy atom. The number of ether oxygens (including phenoxy) is 2. The van der Waals surface area contributed by atoms with Gasteiger partial charge >= 0.3 is 5.97 Å². The van der Waals surface area contributed by atoms with E-state index < -0.39 is 11.5 Å². The third kappa shape index (κ3) is 3.52. The summed E-state index contributed by atoms with van der Waals surface area (Å²) in [5.41, 5.74) is 4.88. The molecule has 1 aromatic carbocycles. The fourth-order valence-electron chi connectivity index (χ4n) is 1.38. The highest BCUT2D eigenvalue weighted by Crippen LogP contribution is 2.18. The van der Waals surface area contributed by atoms with Crippen LogP contribution in [0.4, 0.5) is 0 Å². The summed E-state index contributed by atoms with van der Waals surface area (Å²) >= 11 is 0. The van der Waals surface area contributed by atoms with E-state index in [1.54, 1.807) is 37.4 Å². The van der Waals surface area contributed by atoms with E-state index in [4.69, 9.17) is 15.2 Å². The van der Waals surface area contributed by atoms with Gasteiger partial charge in [-0.1, -0.05) is 30.3 Å². The standard InChI is InChI=1S/C12H17NO4/c1-16-7-8-17-9-12(13,11(14)15)10-5-3-2-4-6-10/h2-6H,7-9,13H2,1H3,(H,14,15). The summed E-state index contributed by atoms with van der Waals surface area (Å²) in [5.74, 6) is -1.11. The first-order valence-corrected chi connectivity index (χ1v) is 5.25. The Morgan fingerprint density at radius 3 is 2.53 bits per heavy atom. The lowest BCUT2D eigenvalue weighted by Gasteiger charge is -2.24. The lowest BCUT2D eigenvalue weighted by molar-refractivity contribution is -0.146. The van der Waals surface area contributed by atoms with Gasteiger partial charge in [-0.05, 0) is 5.56 Å². The maximum atomic E-state index is 11.2.